The van der Waals surface area contributed by atoms with Gasteiger partial charge in [-0.2, -0.15) is 0 Å². The van der Waals surface area contributed by atoms with Crippen molar-refractivity contribution in [3.05, 3.63) is 29.8 Å². The van der Waals surface area contributed by atoms with Gasteiger partial charge in [-0.3, -0.25) is 4.99 Å². The number of benzene rings is 1. The Morgan fingerprint density at radius 3 is 2.76 bits per heavy atom. The molecule has 0 aromatic heterocycles. The molecule has 6 heteroatoms. The van der Waals surface area contributed by atoms with Gasteiger partial charge in [0.1, 0.15) is 5.75 Å². The van der Waals surface area contributed by atoms with E-state index in [1.807, 2.05) is 6.07 Å². The number of hydrogen-bond acceptors (Lipinski definition) is 3. The molecule has 29 heavy (non-hydrogen) atoms. The first kappa shape index (κ1) is 22.7. The van der Waals surface area contributed by atoms with Gasteiger partial charge in [-0.1, -0.05) is 25.0 Å². The number of halogens is 1. The summed E-state index contributed by atoms with van der Waals surface area (Å²) in [5.74, 6) is 2.03. The number of guanidine groups is 1. The highest BCUT2D eigenvalue weighted by atomic mass is 127. The first-order valence-electron chi connectivity index (χ1n) is 10.9. The van der Waals surface area contributed by atoms with Crippen molar-refractivity contribution >= 4 is 29.9 Å². The summed E-state index contributed by atoms with van der Waals surface area (Å²) in [5, 5.41) is 3.56. The van der Waals surface area contributed by atoms with Gasteiger partial charge in [-0.15, -0.1) is 24.0 Å². The minimum Gasteiger partial charge on any atom is -0.497 e. The lowest BCUT2D eigenvalue weighted by Gasteiger charge is -2.30. The second kappa shape index (κ2) is 9.86. The van der Waals surface area contributed by atoms with E-state index in [0.717, 1.165) is 51.1 Å². The summed E-state index contributed by atoms with van der Waals surface area (Å²) in [6.07, 6.45) is 7.40. The van der Waals surface area contributed by atoms with Gasteiger partial charge < -0.3 is 19.7 Å². The highest BCUT2D eigenvalue weighted by Gasteiger charge is 2.42. The Labute approximate surface area is 192 Å². The minimum absolute atomic E-state index is 0. The molecule has 1 saturated carbocycles. The van der Waals surface area contributed by atoms with E-state index in [1.165, 1.54) is 44.1 Å². The van der Waals surface area contributed by atoms with E-state index in [9.17, 15) is 0 Å². The van der Waals surface area contributed by atoms with E-state index >= 15 is 0 Å². The van der Waals surface area contributed by atoms with Crippen molar-refractivity contribution < 1.29 is 9.47 Å². The van der Waals surface area contributed by atoms with Crippen LogP contribution in [0.25, 0.3) is 0 Å². The van der Waals surface area contributed by atoms with Crippen molar-refractivity contribution in [2.45, 2.75) is 50.9 Å². The molecule has 4 rings (SSSR count). The standard InChI is InChI=1S/C23H35N3O2.HI/c1-3-24-21(26-13-11-22(17-26)12-14-28-18-22)25-16-23(9-4-5-10-23)19-7-6-8-20(15-19)27-2;/h6-8,15H,3-5,9-14,16-18H2,1-2H3,(H,24,25);1H. The monoisotopic (exact) mass is 513 g/mol. The molecule has 162 valence electrons. The van der Waals surface area contributed by atoms with Crippen LogP contribution in [0.15, 0.2) is 29.3 Å². The number of rotatable bonds is 5. The van der Waals surface area contributed by atoms with Gasteiger partial charge in [0.25, 0.3) is 0 Å². The smallest absolute Gasteiger partial charge is 0.193 e. The topological polar surface area (TPSA) is 46.1 Å². The molecule has 1 unspecified atom stereocenters. The quantitative estimate of drug-likeness (QED) is 0.364. The van der Waals surface area contributed by atoms with Crippen LogP contribution < -0.4 is 10.1 Å². The molecule has 1 aliphatic carbocycles. The summed E-state index contributed by atoms with van der Waals surface area (Å²) >= 11 is 0. The fourth-order valence-corrected chi connectivity index (χ4v) is 5.28. The van der Waals surface area contributed by atoms with E-state index in [2.05, 4.69) is 35.3 Å². The molecule has 2 saturated heterocycles. The van der Waals surface area contributed by atoms with Crippen molar-refractivity contribution in [1.29, 1.82) is 0 Å². The molecular formula is C23H36IN3O2. The van der Waals surface area contributed by atoms with Crippen LogP contribution in [0.5, 0.6) is 5.75 Å². The normalized spacial score (nSPS) is 26.0. The number of likely N-dealkylation sites (tertiary alicyclic amines) is 1. The zero-order chi connectivity index (χ0) is 19.5. The number of ether oxygens (including phenoxy) is 2. The second-order valence-electron chi connectivity index (χ2n) is 8.86. The van der Waals surface area contributed by atoms with Gasteiger partial charge in [0, 0.05) is 37.1 Å². The number of aliphatic imine (C=N–C) groups is 1. The minimum atomic E-state index is 0. The van der Waals surface area contributed by atoms with Gasteiger partial charge >= 0.3 is 0 Å². The van der Waals surface area contributed by atoms with Crippen molar-refractivity contribution in [3.63, 3.8) is 0 Å². The third-order valence-corrected chi connectivity index (χ3v) is 7.03. The maximum atomic E-state index is 5.71. The van der Waals surface area contributed by atoms with Crippen LogP contribution >= 0.6 is 24.0 Å². The molecule has 0 amide bonds. The molecule has 5 nitrogen and oxygen atoms in total. The Morgan fingerprint density at radius 2 is 2.07 bits per heavy atom. The number of methoxy groups -OCH3 is 1. The summed E-state index contributed by atoms with van der Waals surface area (Å²) in [6, 6.07) is 8.63. The predicted octanol–water partition coefficient (Wildman–Crippen LogP) is 4.20. The van der Waals surface area contributed by atoms with Gasteiger partial charge in [0.15, 0.2) is 5.96 Å². The molecule has 1 atom stereocenters. The summed E-state index contributed by atoms with van der Waals surface area (Å²) in [4.78, 5) is 7.65. The molecule has 0 bridgehead atoms. The van der Waals surface area contributed by atoms with Gasteiger partial charge in [0.2, 0.25) is 0 Å². The summed E-state index contributed by atoms with van der Waals surface area (Å²) in [6.45, 7) is 7.91. The Kier molecular flexibility index (Phi) is 7.70. The Balaban J connectivity index is 0.00000240. The van der Waals surface area contributed by atoms with E-state index in [1.54, 1.807) is 7.11 Å². The van der Waals surface area contributed by atoms with Crippen molar-refractivity contribution in [2.24, 2.45) is 10.4 Å². The van der Waals surface area contributed by atoms with Crippen LogP contribution in [-0.4, -0.2) is 57.4 Å². The van der Waals surface area contributed by atoms with Gasteiger partial charge in [0.05, 0.1) is 20.3 Å². The molecule has 2 heterocycles. The van der Waals surface area contributed by atoms with Crippen LogP contribution in [0.3, 0.4) is 0 Å². The molecular weight excluding hydrogens is 477 g/mol. The van der Waals surface area contributed by atoms with E-state index < -0.39 is 0 Å². The molecule has 1 aromatic carbocycles. The SMILES string of the molecule is CCNC(=NCC1(c2cccc(OC)c2)CCCC1)N1CCC2(CCOC2)C1.I. The van der Waals surface area contributed by atoms with E-state index in [4.69, 9.17) is 14.5 Å². The molecule has 3 aliphatic rings. The highest BCUT2D eigenvalue weighted by molar-refractivity contribution is 14.0. The van der Waals surface area contributed by atoms with Gasteiger partial charge in [-0.25, -0.2) is 0 Å². The summed E-state index contributed by atoms with van der Waals surface area (Å²) in [5.41, 5.74) is 1.88. The largest absolute Gasteiger partial charge is 0.497 e. The Bertz CT molecular complexity index is 697. The van der Waals surface area contributed by atoms with Crippen LogP contribution in [-0.2, 0) is 10.2 Å². The molecule has 1 N–H and O–H groups in total. The average Bonchev–Trinajstić information content (AvgIpc) is 3.48. The molecule has 1 spiro atoms. The number of hydrogen-bond donors (Lipinski definition) is 1. The van der Waals surface area contributed by atoms with Crippen LogP contribution in [0, 0.1) is 5.41 Å². The van der Waals surface area contributed by atoms with Crippen molar-refractivity contribution in [1.82, 2.24) is 10.2 Å². The zero-order valence-corrected chi connectivity index (χ0v) is 20.2. The highest BCUT2D eigenvalue weighted by Crippen LogP contribution is 2.43. The first-order chi connectivity index (χ1) is 13.7. The molecule has 1 aromatic rings. The van der Waals surface area contributed by atoms with Crippen molar-refractivity contribution in [2.75, 3.05) is 46.5 Å². The summed E-state index contributed by atoms with van der Waals surface area (Å²) in [7, 11) is 1.75. The maximum absolute atomic E-state index is 5.71. The van der Waals surface area contributed by atoms with Crippen LogP contribution in [0.1, 0.15) is 51.0 Å². The van der Waals surface area contributed by atoms with Crippen LogP contribution in [0.4, 0.5) is 0 Å². The number of nitrogens with zero attached hydrogens (tertiary/aromatic N) is 2. The average molecular weight is 513 g/mol. The lowest BCUT2D eigenvalue weighted by atomic mass is 9.79. The molecule has 3 fully saturated rings. The summed E-state index contributed by atoms with van der Waals surface area (Å²) < 4.78 is 11.2. The molecule has 0 radical (unpaired) electrons. The third-order valence-electron chi connectivity index (χ3n) is 7.03. The van der Waals surface area contributed by atoms with Crippen LogP contribution in [0.2, 0.25) is 0 Å². The zero-order valence-electron chi connectivity index (χ0n) is 17.9. The third kappa shape index (κ3) is 4.84. The fourth-order valence-electron chi connectivity index (χ4n) is 5.28. The second-order valence-corrected chi connectivity index (χ2v) is 8.86. The predicted molar refractivity (Wildman–Crippen MR) is 129 cm³/mol. The van der Waals surface area contributed by atoms with Crippen molar-refractivity contribution in [3.8, 4) is 5.75 Å². The number of nitrogens with one attached hydrogen (secondary N) is 1. The Hall–Kier alpha value is -1.02. The lowest BCUT2D eigenvalue weighted by molar-refractivity contribution is 0.156. The first-order valence-corrected chi connectivity index (χ1v) is 10.9. The van der Waals surface area contributed by atoms with E-state index in [-0.39, 0.29) is 29.4 Å². The lowest BCUT2D eigenvalue weighted by Crippen LogP contribution is -2.42. The maximum Gasteiger partial charge on any atom is 0.193 e. The molecule has 2 aliphatic heterocycles. The fraction of sp³-hybridized carbons (Fsp3) is 0.696. The Morgan fingerprint density at radius 1 is 1.24 bits per heavy atom. The van der Waals surface area contributed by atoms with E-state index in [0.29, 0.717) is 5.41 Å². The van der Waals surface area contributed by atoms with Gasteiger partial charge in [-0.05, 0) is 50.3 Å².